The Bertz CT molecular complexity index is 497. The second-order valence-electron chi connectivity index (χ2n) is 4.93. The minimum Gasteiger partial charge on any atom is -0.477 e. The van der Waals surface area contributed by atoms with E-state index in [0.717, 1.165) is 6.42 Å². The number of nitrogens with zero attached hydrogens (tertiary/aromatic N) is 1. The Kier molecular flexibility index (Phi) is 5.24. The highest BCUT2D eigenvalue weighted by Gasteiger charge is 2.18. The van der Waals surface area contributed by atoms with Crippen LogP contribution in [-0.2, 0) is 9.47 Å². The van der Waals surface area contributed by atoms with Crippen molar-refractivity contribution in [2.75, 3.05) is 19.8 Å². The number of rotatable bonds is 6. The quantitative estimate of drug-likeness (QED) is 0.801. The molecular formula is C14H18N2O5. The number of carboxylic acids is 1. The van der Waals surface area contributed by atoms with E-state index >= 15 is 0 Å². The lowest BCUT2D eigenvalue weighted by molar-refractivity contribution is 0.0318. The summed E-state index contributed by atoms with van der Waals surface area (Å²) >= 11 is 0. The average Bonchev–Trinajstić information content (AvgIpc) is 2.98. The zero-order valence-electron chi connectivity index (χ0n) is 11.7. The topological polar surface area (TPSA) is 97.8 Å². The van der Waals surface area contributed by atoms with Crippen LogP contribution in [0.4, 0.5) is 0 Å². The van der Waals surface area contributed by atoms with Gasteiger partial charge in [0.25, 0.3) is 5.91 Å². The van der Waals surface area contributed by atoms with E-state index in [1.165, 1.54) is 18.3 Å². The minimum absolute atomic E-state index is 0.0934. The second-order valence-corrected chi connectivity index (χ2v) is 4.93. The fraction of sp³-hybridized carbons (Fsp3) is 0.500. The summed E-state index contributed by atoms with van der Waals surface area (Å²) in [6.45, 7) is 3.56. The fourth-order valence-electron chi connectivity index (χ4n) is 1.93. The van der Waals surface area contributed by atoms with Crippen molar-refractivity contribution in [3.8, 4) is 0 Å². The van der Waals surface area contributed by atoms with Crippen LogP contribution in [0.15, 0.2) is 18.3 Å². The van der Waals surface area contributed by atoms with Crippen LogP contribution in [0.2, 0.25) is 0 Å². The molecule has 7 heteroatoms. The average molecular weight is 294 g/mol. The van der Waals surface area contributed by atoms with Crippen molar-refractivity contribution in [1.29, 1.82) is 0 Å². The number of aromatic carboxylic acids is 1. The maximum Gasteiger partial charge on any atom is 0.354 e. The smallest absolute Gasteiger partial charge is 0.354 e. The SMILES string of the molecule is CC(COC1CCOC1)NC(=O)c1ccc(C(=O)O)nc1. The van der Waals surface area contributed by atoms with Crippen molar-refractivity contribution >= 4 is 11.9 Å². The lowest BCUT2D eigenvalue weighted by atomic mass is 10.2. The first-order valence-electron chi connectivity index (χ1n) is 6.76. The van der Waals surface area contributed by atoms with Crippen molar-refractivity contribution in [2.24, 2.45) is 0 Å². The Balaban J connectivity index is 1.80. The standard InChI is InChI=1S/C14H18N2O5/c1-9(7-21-11-4-5-20-8-11)16-13(17)10-2-3-12(14(18)19)15-6-10/h2-3,6,9,11H,4-5,7-8H2,1H3,(H,16,17)(H,18,19). The van der Waals surface area contributed by atoms with Crippen LogP contribution >= 0.6 is 0 Å². The summed E-state index contributed by atoms with van der Waals surface area (Å²) in [5, 5.41) is 11.5. The van der Waals surface area contributed by atoms with Crippen LogP contribution in [0, 0.1) is 0 Å². The highest BCUT2D eigenvalue weighted by molar-refractivity contribution is 5.95. The number of amides is 1. The molecule has 114 valence electrons. The summed E-state index contributed by atoms with van der Waals surface area (Å²) in [6.07, 6.45) is 2.22. The van der Waals surface area contributed by atoms with Gasteiger partial charge in [0.15, 0.2) is 0 Å². The van der Waals surface area contributed by atoms with Gasteiger partial charge in [-0.3, -0.25) is 4.79 Å². The molecule has 1 fully saturated rings. The monoisotopic (exact) mass is 294 g/mol. The van der Waals surface area contributed by atoms with Gasteiger partial charge in [-0.1, -0.05) is 0 Å². The molecule has 1 aromatic rings. The predicted molar refractivity (Wildman–Crippen MR) is 73.3 cm³/mol. The predicted octanol–water partition coefficient (Wildman–Crippen LogP) is 0.704. The molecule has 0 aromatic carbocycles. The molecule has 2 atom stereocenters. The second kappa shape index (κ2) is 7.14. The van der Waals surface area contributed by atoms with E-state index in [1.54, 1.807) is 0 Å². The van der Waals surface area contributed by atoms with Gasteiger partial charge in [-0.2, -0.15) is 0 Å². The third kappa shape index (κ3) is 4.51. The van der Waals surface area contributed by atoms with Gasteiger partial charge in [0, 0.05) is 18.8 Å². The molecule has 0 radical (unpaired) electrons. The van der Waals surface area contributed by atoms with Gasteiger partial charge >= 0.3 is 5.97 Å². The van der Waals surface area contributed by atoms with Crippen molar-refractivity contribution in [3.05, 3.63) is 29.6 Å². The van der Waals surface area contributed by atoms with E-state index < -0.39 is 5.97 Å². The van der Waals surface area contributed by atoms with Gasteiger partial charge in [0.1, 0.15) is 5.69 Å². The number of carbonyl (C=O) groups excluding carboxylic acids is 1. The third-order valence-electron chi connectivity index (χ3n) is 3.09. The van der Waals surface area contributed by atoms with E-state index in [2.05, 4.69) is 10.3 Å². The van der Waals surface area contributed by atoms with Crippen LogP contribution in [0.25, 0.3) is 0 Å². The molecule has 2 heterocycles. The Morgan fingerprint density at radius 3 is 2.95 bits per heavy atom. The number of carbonyl (C=O) groups is 2. The van der Waals surface area contributed by atoms with Crippen molar-refractivity contribution in [1.82, 2.24) is 10.3 Å². The fourth-order valence-corrected chi connectivity index (χ4v) is 1.93. The molecule has 1 amide bonds. The van der Waals surface area contributed by atoms with Crippen LogP contribution in [-0.4, -0.2) is 53.9 Å². The number of nitrogens with one attached hydrogen (secondary N) is 1. The Hall–Kier alpha value is -1.99. The van der Waals surface area contributed by atoms with Crippen molar-refractivity contribution < 1.29 is 24.2 Å². The van der Waals surface area contributed by atoms with Gasteiger partial charge in [-0.05, 0) is 25.5 Å². The third-order valence-corrected chi connectivity index (χ3v) is 3.09. The minimum atomic E-state index is -1.12. The van der Waals surface area contributed by atoms with Crippen molar-refractivity contribution in [3.63, 3.8) is 0 Å². The molecule has 21 heavy (non-hydrogen) atoms. The Labute approximate surface area is 122 Å². The van der Waals surface area contributed by atoms with Gasteiger partial charge in [-0.25, -0.2) is 9.78 Å². The Morgan fingerprint density at radius 2 is 2.38 bits per heavy atom. The molecule has 0 bridgehead atoms. The highest BCUT2D eigenvalue weighted by Crippen LogP contribution is 2.08. The van der Waals surface area contributed by atoms with Crippen molar-refractivity contribution in [2.45, 2.75) is 25.5 Å². The molecule has 0 spiro atoms. The number of hydrogen-bond donors (Lipinski definition) is 2. The van der Waals surface area contributed by atoms with Gasteiger partial charge in [0.2, 0.25) is 0 Å². The van der Waals surface area contributed by atoms with E-state index in [-0.39, 0.29) is 23.7 Å². The van der Waals surface area contributed by atoms with Crippen LogP contribution in [0.3, 0.4) is 0 Å². The summed E-state index contributed by atoms with van der Waals surface area (Å²) in [4.78, 5) is 26.3. The van der Waals surface area contributed by atoms with Crippen LogP contribution in [0.5, 0.6) is 0 Å². The zero-order chi connectivity index (χ0) is 15.2. The van der Waals surface area contributed by atoms with E-state index in [1.807, 2.05) is 6.92 Å². The molecule has 1 aromatic heterocycles. The molecule has 1 saturated heterocycles. The van der Waals surface area contributed by atoms with E-state index in [9.17, 15) is 9.59 Å². The summed E-state index contributed by atoms with van der Waals surface area (Å²) in [5.74, 6) is -1.43. The molecule has 1 aliphatic rings. The zero-order valence-corrected chi connectivity index (χ0v) is 11.7. The molecule has 2 N–H and O–H groups in total. The maximum absolute atomic E-state index is 12.0. The molecule has 2 rings (SSSR count). The van der Waals surface area contributed by atoms with E-state index in [0.29, 0.717) is 25.4 Å². The normalized spacial score (nSPS) is 19.2. The first-order chi connectivity index (χ1) is 10.1. The summed E-state index contributed by atoms with van der Waals surface area (Å²) in [7, 11) is 0. The molecule has 0 saturated carbocycles. The van der Waals surface area contributed by atoms with Gasteiger partial charge in [-0.15, -0.1) is 0 Å². The lowest BCUT2D eigenvalue weighted by Crippen LogP contribution is -2.37. The van der Waals surface area contributed by atoms with Gasteiger partial charge < -0.3 is 19.9 Å². The van der Waals surface area contributed by atoms with Gasteiger partial charge in [0.05, 0.1) is 24.9 Å². The molecule has 1 aliphatic heterocycles. The van der Waals surface area contributed by atoms with Crippen LogP contribution < -0.4 is 5.32 Å². The number of aromatic nitrogens is 1. The molecule has 7 nitrogen and oxygen atoms in total. The lowest BCUT2D eigenvalue weighted by Gasteiger charge is -2.16. The molecular weight excluding hydrogens is 276 g/mol. The number of pyridine rings is 1. The highest BCUT2D eigenvalue weighted by atomic mass is 16.5. The summed E-state index contributed by atoms with van der Waals surface area (Å²) < 4.78 is 10.8. The maximum atomic E-state index is 12.0. The largest absolute Gasteiger partial charge is 0.477 e. The first-order valence-corrected chi connectivity index (χ1v) is 6.76. The first kappa shape index (κ1) is 15.4. The Morgan fingerprint density at radius 1 is 1.57 bits per heavy atom. The number of hydrogen-bond acceptors (Lipinski definition) is 5. The summed E-state index contributed by atoms with van der Waals surface area (Å²) in [6, 6.07) is 2.58. The van der Waals surface area contributed by atoms with Crippen LogP contribution in [0.1, 0.15) is 34.2 Å². The number of carboxylic acid groups (broad SMARTS) is 1. The summed E-state index contributed by atoms with van der Waals surface area (Å²) in [5.41, 5.74) is 0.222. The molecule has 0 aliphatic carbocycles. The molecule has 2 unspecified atom stereocenters. The van der Waals surface area contributed by atoms with E-state index in [4.69, 9.17) is 14.6 Å². The number of ether oxygens (including phenoxy) is 2.